The summed E-state index contributed by atoms with van der Waals surface area (Å²) in [6.45, 7) is 5.23. The van der Waals surface area contributed by atoms with Crippen LogP contribution < -0.4 is 15.4 Å². The van der Waals surface area contributed by atoms with E-state index in [1.54, 1.807) is 14.2 Å². The Hall–Kier alpha value is -1.77. The normalized spacial score (nSPS) is 15.2. The first kappa shape index (κ1) is 20.5. The highest BCUT2D eigenvalue weighted by atomic mass is 127. The Morgan fingerprint density at radius 1 is 1.23 bits per heavy atom. The molecule has 1 aliphatic carbocycles. The maximum absolute atomic E-state index is 5.59. The van der Waals surface area contributed by atoms with Crippen LogP contribution in [-0.4, -0.2) is 31.6 Å². The van der Waals surface area contributed by atoms with Gasteiger partial charge in [0.05, 0.1) is 19.3 Å². The van der Waals surface area contributed by atoms with Crippen molar-refractivity contribution in [3.05, 3.63) is 47.2 Å². The number of oxazole rings is 1. The Morgan fingerprint density at radius 2 is 1.92 bits per heavy atom. The molecule has 2 aromatic rings. The highest BCUT2D eigenvalue weighted by Gasteiger charge is 2.44. The van der Waals surface area contributed by atoms with Crippen molar-refractivity contribution in [2.24, 2.45) is 4.99 Å². The monoisotopic (exact) mass is 470 g/mol. The van der Waals surface area contributed by atoms with Crippen LogP contribution in [0, 0.1) is 13.8 Å². The SMILES string of the molecule is CN=C(NCc1nc(C)c(C)o1)NCC1(c2ccc(OC)cc2)CC1.I. The number of benzene rings is 1. The molecule has 0 spiro atoms. The van der Waals surface area contributed by atoms with Crippen LogP contribution in [0.2, 0.25) is 0 Å². The number of rotatable bonds is 6. The van der Waals surface area contributed by atoms with E-state index in [4.69, 9.17) is 9.15 Å². The van der Waals surface area contributed by atoms with Gasteiger partial charge in [0.25, 0.3) is 0 Å². The fourth-order valence-electron chi connectivity index (χ4n) is 2.91. The second-order valence-electron chi connectivity index (χ2n) is 6.54. The molecule has 3 rings (SSSR count). The molecule has 6 nitrogen and oxygen atoms in total. The standard InChI is InChI=1S/C19H26N4O2.HI/c1-13-14(2)25-17(23-13)11-21-18(20-3)22-12-19(9-10-19)15-5-7-16(24-4)8-6-15;/h5-8H,9-12H2,1-4H3,(H2,20,21,22);1H. The number of hydrogen-bond acceptors (Lipinski definition) is 4. The molecule has 1 saturated carbocycles. The number of nitrogens with one attached hydrogen (secondary N) is 2. The molecule has 2 N–H and O–H groups in total. The summed E-state index contributed by atoms with van der Waals surface area (Å²) < 4.78 is 10.8. The van der Waals surface area contributed by atoms with Crippen molar-refractivity contribution < 1.29 is 9.15 Å². The summed E-state index contributed by atoms with van der Waals surface area (Å²) in [5.74, 6) is 3.18. The van der Waals surface area contributed by atoms with E-state index >= 15 is 0 Å². The lowest BCUT2D eigenvalue weighted by Crippen LogP contribution is -2.40. The van der Waals surface area contributed by atoms with Crippen molar-refractivity contribution in [2.75, 3.05) is 20.7 Å². The van der Waals surface area contributed by atoms with Gasteiger partial charge in [-0.05, 0) is 44.4 Å². The van der Waals surface area contributed by atoms with Gasteiger partial charge in [-0.1, -0.05) is 12.1 Å². The smallest absolute Gasteiger partial charge is 0.214 e. The lowest BCUT2D eigenvalue weighted by Gasteiger charge is -2.19. The van der Waals surface area contributed by atoms with Crippen LogP contribution in [-0.2, 0) is 12.0 Å². The quantitative estimate of drug-likeness (QED) is 0.385. The van der Waals surface area contributed by atoms with Gasteiger partial charge in [0, 0.05) is 19.0 Å². The van der Waals surface area contributed by atoms with Crippen LogP contribution in [0.4, 0.5) is 0 Å². The van der Waals surface area contributed by atoms with Crippen molar-refractivity contribution in [1.29, 1.82) is 0 Å². The average molecular weight is 470 g/mol. The average Bonchev–Trinajstić information content (AvgIpc) is 3.35. The summed E-state index contributed by atoms with van der Waals surface area (Å²) in [5, 5.41) is 6.69. The zero-order valence-corrected chi connectivity index (χ0v) is 18.1. The van der Waals surface area contributed by atoms with Gasteiger partial charge in [-0.25, -0.2) is 4.98 Å². The van der Waals surface area contributed by atoms with Gasteiger partial charge in [-0.2, -0.15) is 0 Å². The molecule has 0 aliphatic heterocycles. The van der Waals surface area contributed by atoms with E-state index in [1.165, 1.54) is 18.4 Å². The van der Waals surface area contributed by atoms with Gasteiger partial charge in [0.15, 0.2) is 5.96 Å². The largest absolute Gasteiger partial charge is 0.497 e. The highest BCUT2D eigenvalue weighted by molar-refractivity contribution is 14.0. The van der Waals surface area contributed by atoms with Crippen molar-refractivity contribution in [3.63, 3.8) is 0 Å². The molecule has 1 aliphatic rings. The maximum Gasteiger partial charge on any atom is 0.214 e. The van der Waals surface area contributed by atoms with E-state index in [0.29, 0.717) is 12.4 Å². The van der Waals surface area contributed by atoms with Crippen LogP contribution in [0.25, 0.3) is 0 Å². The summed E-state index contributed by atoms with van der Waals surface area (Å²) in [6, 6.07) is 8.36. The fraction of sp³-hybridized carbons (Fsp3) is 0.474. The lowest BCUT2D eigenvalue weighted by atomic mass is 9.96. The minimum absolute atomic E-state index is 0. The molecule has 7 heteroatoms. The molecule has 142 valence electrons. The summed E-state index contributed by atoms with van der Waals surface area (Å²) >= 11 is 0. The molecule has 1 aromatic heterocycles. The Morgan fingerprint density at radius 3 is 2.42 bits per heavy atom. The minimum atomic E-state index is 0. The van der Waals surface area contributed by atoms with Crippen molar-refractivity contribution in [3.8, 4) is 5.75 Å². The summed E-state index contributed by atoms with van der Waals surface area (Å²) in [5.41, 5.74) is 2.46. The number of methoxy groups -OCH3 is 1. The first-order valence-corrected chi connectivity index (χ1v) is 8.58. The van der Waals surface area contributed by atoms with Gasteiger partial charge in [0.2, 0.25) is 5.89 Å². The van der Waals surface area contributed by atoms with E-state index in [2.05, 4.69) is 32.7 Å². The van der Waals surface area contributed by atoms with E-state index in [-0.39, 0.29) is 29.4 Å². The van der Waals surface area contributed by atoms with Gasteiger partial charge >= 0.3 is 0 Å². The summed E-state index contributed by atoms with van der Waals surface area (Å²) in [4.78, 5) is 8.67. The number of nitrogens with zero attached hydrogens (tertiary/aromatic N) is 2. The van der Waals surface area contributed by atoms with Crippen LogP contribution in [0.3, 0.4) is 0 Å². The van der Waals surface area contributed by atoms with Gasteiger partial charge < -0.3 is 19.8 Å². The molecule has 1 heterocycles. The van der Waals surface area contributed by atoms with E-state index in [0.717, 1.165) is 29.7 Å². The third-order valence-corrected chi connectivity index (χ3v) is 4.85. The molecule has 0 amide bonds. The fourth-order valence-corrected chi connectivity index (χ4v) is 2.91. The second kappa shape index (κ2) is 8.75. The number of halogens is 1. The molecule has 0 saturated heterocycles. The highest BCUT2D eigenvalue weighted by Crippen LogP contribution is 2.47. The van der Waals surface area contributed by atoms with Crippen LogP contribution in [0.1, 0.15) is 35.7 Å². The van der Waals surface area contributed by atoms with Crippen LogP contribution >= 0.6 is 24.0 Å². The van der Waals surface area contributed by atoms with Gasteiger partial charge in [-0.15, -0.1) is 24.0 Å². The topological polar surface area (TPSA) is 71.7 Å². The van der Waals surface area contributed by atoms with Crippen LogP contribution in [0.15, 0.2) is 33.7 Å². The molecule has 0 bridgehead atoms. The summed E-state index contributed by atoms with van der Waals surface area (Å²) in [6.07, 6.45) is 2.36. The van der Waals surface area contributed by atoms with E-state index in [9.17, 15) is 0 Å². The van der Waals surface area contributed by atoms with Crippen LogP contribution in [0.5, 0.6) is 5.75 Å². The Kier molecular flexibility index (Phi) is 6.91. The first-order chi connectivity index (χ1) is 12.1. The van der Waals surface area contributed by atoms with Crippen molar-refractivity contribution in [2.45, 2.75) is 38.6 Å². The lowest BCUT2D eigenvalue weighted by molar-refractivity contribution is 0.414. The maximum atomic E-state index is 5.59. The number of guanidine groups is 1. The van der Waals surface area contributed by atoms with Gasteiger partial charge in [-0.3, -0.25) is 4.99 Å². The van der Waals surface area contributed by atoms with E-state index < -0.39 is 0 Å². The molecular weight excluding hydrogens is 443 g/mol. The predicted octanol–water partition coefficient (Wildman–Crippen LogP) is 3.31. The van der Waals surface area contributed by atoms with Crippen molar-refractivity contribution in [1.82, 2.24) is 15.6 Å². The number of aryl methyl sites for hydroxylation is 2. The van der Waals surface area contributed by atoms with E-state index in [1.807, 2.05) is 26.0 Å². The number of aromatic nitrogens is 1. The number of aliphatic imine (C=N–C) groups is 1. The second-order valence-corrected chi connectivity index (χ2v) is 6.54. The Labute approximate surface area is 171 Å². The molecule has 0 atom stereocenters. The molecule has 0 unspecified atom stereocenters. The molecule has 0 radical (unpaired) electrons. The Balaban J connectivity index is 0.00000243. The summed E-state index contributed by atoms with van der Waals surface area (Å²) in [7, 11) is 3.46. The Bertz CT molecular complexity index is 732. The number of ether oxygens (including phenoxy) is 1. The molecule has 1 aromatic carbocycles. The minimum Gasteiger partial charge on any atom is -0.497 e. The zero-order valence-electron chi connectivity index (χ0n) is 15.8. The zero-order chi connectivity index (χ0) is 17.9. The number of hydrogen-bond donors (Lipinski definition) is 2. The molecule has 26 heavy (non-hydrogen) atoms. The van der Waals surface area contributed by atoms with Crippen molar-refractivity contribution >= 4 is 29.9 Å². The van der Waals surface area contributed by atoms with Gasteiger partial charge in [0.1, 0.15) is 11.5 Å². The predicted molar refractivity (Wildman–Crippen MR) is 113 cm³/mol. The molecule has 1 fully saturated rings. The molecular formula is C19H27IN4O2. The third kappa shape index (κ3) is 4.69. The first-order valence-electron chi connectivity index (χ1n) is 8.58. The third-order valence-electron chi connectivity index (χ3n) is 4.85.